The summed E-state index contributed by atoms with van der Waals surface area (Å²) < 4.78 is 70.1. The molecule has 4 N–H and O–H groups in total. The zero-order chi connectivity index (χ0) is 26.0. The van der Waals surface area contributed by atoms with E-state index in [2.05, 4.69) is 16.0 Å². The molecule has 2 aliphatic rings. The summed E-state index contributed by atoms with van der Waals surface area (Å²) in [5.74, 6) is 0. The normalized spacial score (nSPS) is 26.3. The van der Waals surface area contributed by atoms with Crippen LogP contribution in [0.2, 0.25) is 0 Å². The molecule has 0 saturated carbocycles. The van der Waals surface area contributed by atoms with E-state index in [-0.39, 0.29) is 12.6 Å². The molecule has 4 atom stereocenters. The topological polar surface area (TPSA) is 82.6 Å². The first kappa shape index (κ1) is 26.6. The highest BCUT2D eigenvalue weighted by Gasteiger charge is 2.65. The maximum Gasteiger partial charge on any atom is 0.407 e. The van der Waals surface area contributed by atoms with Gasteiger partial charge in [-0.3, -0.25) is 0 Å². The summed E-state index contributed by atoms with van der Waals surface area (Å²) in [6, 6.07) is 9.75. The van der Waals surface area contributed by atoms with E-state index in [0.29, 0.717) is 42.3 Å². The summed E-state index contributed by atoms with van der Waals surface area (Å²) in [4.78, 5) is 10.3. The number of benzene rings is 2. The maximum absolute atomic E-state index is 12.9. The van der Waals surface area contributed by atoms with Crippen molar-refractivity contribution in [3.63, 3.8) is 0 Å². The third-order valence-corrected chi connectivity index (χ3v) is 7.74. The van der Waals surface area contributed by atoms with Gasteiger partial charge in [0.1, 0.15) is 17.1 Å². The van der Waals surface area contributed by atoms with Gasteiger partial charge in [-0.05, 0) is 61.1 Å². The summed E-state index contributed by atoms with van der Waals surface area (Å²) in [6.45, 7) is 1.73. The fourth-order valence-corrected chi connectivity index (χ4v) is 5.28. The van der Waals surface area contributed by atoms with Crippen LogP contribution >= 0.6 is 10.2 Å². The maximum atomic E-state index is 12.9. The second-order valence-electron chi connectivity index (χ2n) is 9.36. The van der Waals surface area contributed by atoms with E-state index < -0.39 is 33.4 Å². The van der Waals surface area contributed by atoms with Crippen LogP contribution < -0.4 is 16.0 Å². The van der Waals surface area contributed by atoms with Gasteiger partial charge in [0.05, 0.1) is 6.04 Å². The van der Waals surface area contributed by atoms with E-state index >= 15 is 0 Å². The Morgan fingerprint density at radius 2 is 1.64 bits per heavy atom. The number of hydrogen-bond donors (Lipinski definition) is 4. The molecule has 2 saturated heterocycles. The van der Waals surface area contributed by atoms with Crippen LogP contribution in [0.3, 0.4) is 0 Å². The zero-order valence-corrected chi connectivity index (χ0v) is 20.3. The molecule has 2 fully saturated rings. The standard InChI is InChI=1S/C24H30F5N3O3S/c25-36(26,27,28,29)20-9-7-18(8-10-20)17-5-3-16(4-6-17)14-21-23(22(33)15-32-21)35-24(34)31-13-11-19-2-1-12-30-19/h3-10,19,21-23,30,32-33H,1-2,11-15H2,(H,31,34)/t19-,21+,22-,23-/m0/s1. The number of nitrogens with one attached hydrogen (secondary N) is 3. The lowest BCUT2D eigenvalue weighted by Crippen LogP contribution is -2.42. The van der Waals surface area contributed by atoms with Gasteiger partial charge in [0.2, 0.25) is 0 Å². The van der Waals surface area contributed by atoms with Gasteiger partial charge in [-0.25, -0.2) is 4.79 Å². The number of aliphatic hydroxyl groups is 1. The number of aliphatic hydroxyl groups excluding tert-OH is 1. The average molecular weight is 536 g/mol. The smallest absolute Gasteiger partial charge is 0.407 e. The highest BCUT2D eigenvalue weighted by Crippen LogP contribution is 3.02. The van der Waals surface area contributed by atoms with Crippen molar-refractivity contribution in [2.24, 2.45) is 0 Å². The van der Waals surface area contributed by atoms with E-state index in [1.54, 1.807) is 24.3 Å². The molecule has 2 aromatic carbocycles. The molecule has 6 nitrogen and oxygen atoms in total. The van der Waals surface area contributed by atoms with Crippen LogP contribution in [0.5, 0.6) is 0 Å². The summed E-state index contributed by atoms with van der Waals surface area (Å²) >= 11 is 0. The van der Waals surface area contributed by atoms with Crippen molar-refractivity contribution in [1.82, 2.24) is 16.0 Å². The Hall–Kier alpha value is -2.41. The van der Waals surface area contributed by atoms with Gasteiger partial charge in [0.25, 0.3) is 0 Å². The zero-order valence-electron chi connectivity index (χ0n) is 19.4. The van der Waals surface area contributed by atoms with Crippen molar-refractivity contribution < 1.29 is 34.1 Å². The van der Waals surface area contributed by atoms with Crippen LogP contribution in [0, 0.1) is 0 Å². The SMILES string of the molecule is O=C(NCC[C@@H]1CCCN1)O[C@@H]1[C@@H](O)CN[C@@H]1Cc1ccc(-c2ccc(S(F)(F)(F)(F)F)cc2)cc1. The van der Waals surface area contributed by atoms with Crippen LogP contribution in [-0.4, -0.2) is 55.1 Å². The molecule has 2 aromatic rings. The van der Waals surface area contributed by atoms with Gasteiger partial charge >= 0.3 is 16.3 Å². The summed E-state index contributed by atoms with van der Waals surface area (Å²) in [5.41, 5.74) is 1.78. The first-order valence-electron chi connectivity index (χ1n) is 11.8. The molecular formula is C24H30F5N3O3S. The van der Waals surface area contributed by atoms with Crippen molar-refractivity contribution in [3.8, 4) is 11.1 Å². The quantitative estimate of drug-likeness (QED) is 0.353. The minimum atomic E-state index is -9.71. The lowest BCUT2D eigenvalue weighted by Gasteiger charge is -2.40. The van der Waals surface area contributed by atoms with Crippen LogP contribution in [0.25, 0.3) is 11.1 Å². The van der Waals surface area contributed by atoms with Crippen molar-refractivity contribution in [2.75, 3.05) is 19.6 Å². The van der Waals surface area contributed by atoms with Crippen LogP contribution in [0.4, 0.5) is 24.2 Å². The number of rotatable bonds is 8. The predicted molar refractivity (Wildman–Crippen MR) is 129 cm³/mol. The number of carbonyl (C=O) groups excluding carboxylic acids is 1. The molecule has 1 amide bonds. The van der Waals surface area contributed by atoms with Crippen LogP contribution in [-0.2, 0) is 11.2 Å². The minimum Gasteiger partial charge on any atom is -0.442 e. The average Bonchev–Trinajstić information content (AvgIpc) is 3.44. The van der Waals surface area contributed by atoms with E-state index in [1.807, 2.05) is 0 Å². The summed E-state index contributed by atoms with van der Waals surface area (Å²) in [6.07, 6.45) is 1.26. The molecule has 0 radical (unpaired) electrons. The first-order valence-corrected chi connectivity index (χ1v) is 13.8. The largest absolute Gasteiger partial charge is 0.442 e. The summed E-state index contributed by atoms with van der Waals surface area (Å²) in [5, 5.41) is 19.5. The lowest BCUT2D eigenvalue weighted by atomic mass is 9.98. The second-order valence-corrected chi connectivity index (χ2v) is 11.8. The van der Waals surface area contributed by atoms with Crippen molar-refractivity contribution in [1.29, 1.82) is 0 Å². The third kappa shape index (κ3) is 6.87. The Bertz CT molecular complexity index is 1060. The molecule has 2 aliphatic heterocycles. The van der Waals surface area contributed by atoms with Crippen LogP contribution in [0.15, 0.2) is 53.4 Å². The van der Waals surface area contributed by atoms with E-state index in [1.165, 1.54) is 0 Å². The molecule has 36 heavy (non-hydrogen) atoms. The molecule has 4 rings (SSSR count). The van der Waals surface area contributed by atoms with Crippen molar-refractivity contribution >= 4 is 16.3 Å². The second kappa shape index (κ2) is 9.47. The Morgan fingerprint density at radius 1 is 1.00 bits per heavy atom. The molecule has 0 spiro atoms. The Balaban J connectivity index is 1.33. The lowest BCUT2D eigenvalue weighted by molar-refractivity contribution is 0.0189. The predicted octanol–water partition coefficient (Wildman–Crippen LogP) is 5.12. The van der Waals surface area contributed by atoms with E-state index in [9.17, 15) is 29.3 Å². The van der Waals surface area contributed by atoms with Crippen LogP contribution in [0.1, 0.15) is 24.8 Å². The van der Waals surface area contributed by atoms with Crippen molar-refractivity contribution in [3.05, 3.63) is 54.1 Å². The number of amides is 1. The van der Waals surface area contributed by atoms with Crippen molar-refractivity contribution in [2.45, 2.75) is 54.9 Å². The van der Waals surface area contributed by atoms with Gasteiger partial charge in [-0.15, -0.1) is 0 Å². The fourth-order valence-electron chi connectivity index (χ4n) is 4.63. The molecule has 200 valence electrons. The fraction of sp³-hybridized carbons (Fsp3) is 0.458. The van der Waals surface area contributed by atoms with Gasteiger partial charge in [0, 0.05) is 19.1 Å². The molecular weight excluding hydrogens is 505 g/mol. The van der Waals surface area contributed by atoms with Gasteiger partial charge < -0.3 is 25.8 Å². The minimum absolute atomic E-state index is 0.269. The Morgan fingerprint density at radius 3 is 2.22 bits per heavy atom. The van der Waals surface area contributed by atoms with Gasteiger partial charge in [-0.1, -0.05) is 55.8 Å². The molecule has 0 aromatic heterocycles. The van der Waals surface area contributed by atoms with Gasteiger partial charge in [-0.2, -0.15) is 0 Å². The van der Waals surface area contributed by atoms with Gasteiger partial charge in [0.15, 0.2) is 0 Å². The number of carbonyl (C=O) groups is 1. The molecule has 0 aliphatic carbocycles. The van der Waals surface area contributed by atoms with E-state index in [4.69, 9.17) is 4.74 Å². The van der Waals surface area contributed by atoms with E-state index in [0.717, 1.165) is 43.5 Å². The Labute approximate surface area is 206 Å². The number of hydrogen-bond acceptors (Lipinski definition) is 5. The highest BCUT2D eigenvalue weighted by atomic mass is 32.5. The number of alkyl carbamates (subject to hydrolysis) is 1. The first-order chi connectivity index (χ1) is 16.8. The third-order valence-electron chi connectivity index (χ3n) is 6.58. The Kier molecular flexibility index (Phi) is 7.01. The number of ether oxygens (including phenoxy) is 1. The number of halogens is 5. The monoisotopic (exact) mass is 535 g/mol. The molecule has 12 heteroatoms. The molecule has 0 bridgehead atoms. The highest BCUT2D eigenvalue weighted by molar-refractivity contribution is 8.45. The number of β-amino-alcohol motifs (C(OH)–C–C–N with tert-alkyl or cyclic N) is 1. The molecule has 0 unspecified atom stereocenters. The summed E-state index contributed by atoms with van der Waals surface area (Å²) in [7, 11) is -9.71. The molecule has 2 heterocycles.